The highest BCUT2D eigenvalue weighted by atomic mass is 35.5. The van der Waals surface area contributed by atoms with Crippen molar-refractivity contribution in [3.8, 4) is 0 Å². The zero-order valence-electron chi connectivity index (χ0n) is 19.3. The van der Waals surface area contributed by atoms with Gasteiger partial charge < -0.3 is 15.7 Å². The summed E-state index contributed by atoms with van der Waals surface area (Å²) in [5, 5.41) is 24.2. The van der Waals surface area contributed by atoms with Gasteiger partial charge in [0.1, 0.15) is 12.1 Å². The second kappa shape index (κ2) is 11.3. The average Bonchev–Trinajstić information content (AvgIpc) is 3.44. The molecular weight excluding hydrogens is 526 g/mol. The van der Waals surface area contributed by atoms with Gasteiger partial charge in [0.2, 0.25) is 5.78 Å². The Hall–Kier alpha value is -2.45. The van der Waals surface area contributed by atoms with Crippen LogP contribution in [0, 0.1) is 5.92 Å². The summed E-state index contributed by atoms with van der Waals surface area (Å²) in [5.41, 5.74) is 2.21. The summed E-state index contributed by atoms with van der Waals surface area (Å²) in [7, 11) is -2.25. The van der Waals surface area contributed by atoms with Crippen LogP contribution in [0.4, 0.5) is 5.82 Å². The molecule has 2 aromatic heterocycles. The lowest BCUT2D eigenvalue weighted by Gasteiger charge is -2.16. The Kier molecular flexibility index (Phi) is 8.35. The number of nitrogens with zero attached hydrogens (tertiary/aromatic N) is 2. The highest BCUT2D eigenvalue weighted by molar-refractivity contribution is 7.84. The third kappa shape index (κ3) is 6.45. The molecule has 5 N–H and O–H groups in total. The fourth-order valence-corrected chi connectivity index (χ4v) is 5.80. The van der Waals surface area contributed by atoms with E-state index in [0.717, 1.165) is 11.1 Å². The third-order valence-electron chi connectivity index (χ3n) is 6.05. The second-order valence-corrected chi connectivity index (χ2v) is 11.1. The topological polar surface area (TPSA) is 157 Å². The quantitative estimate of drug-likeness (QED) is 0.278. The van der Waals surface area contributed by atoms with Gasteiger partial charge in [0.25, 0.3) is 0 Å². The van der Waals surface area contributed by atoms with E-state index in [0.29, 0.717) is 34.1 Å². The van der Waals surface area contributed by atoms with Crippen LogP contribution < -0.4 is 15.8 Å². The first-order valence-corrected chi connectivity index (χ1v) is 13.8. The van der Waals surface area contributed by atoms with Crippen LogP contribution in [0.1, 0.15) is 45.2 Å². The van der Waals surface area contributed by atoms with E-state index in [9.17, 15) is 18.3 Å². The van der Waals surface area contributed by atoms with Gasteiger partial charge in [-0.3, -0.25) is 8.98 Å². The maximum Gasteiger partial charge on any atom is 0.333 e. The summed E-state index contributed by atoms with van der Waals surface area (Å²) < 4.78 is 26.8. The Labute approximate surface area is 218 Å². The van der Waals surface area contributed by atoms with Gasteiger partial charge in [0.15, 0.2) is 0 Å². The Morgan fingerprint density at radius 1 is 1.33 bits per heavy atom. The molecule has 1 fully saturated rings. The first-order chi connectivity index (χ1) is 17.1. The monoisotopic (exact) mass is 551 g/mol. The van der Waals surface area contributed by atoms with Crippen LogP contribution in [-0.2, 0) is 14.5 Å². The van der Waals surface area contributed by atoms with E-state index >= 15 is 0 Å². The van der Waals surface area contributed by atoms with Gasteiger partial charge in [-0.15, -0.1) is 11.3 Å². The number of hydrogen-bond donors (Lipinski definition) is 4. The molecule has 0 spiro atoms. The number of nitrogens with two attached hydrogens (primary N) is 1. The lowest BCUT2D eigenvalue weighted by atomic mass is 10.0. The number of thiophene rings is 1. The molecular formula is C23H26ClN5O5S2. The fraction of sp³-hybridized carbons (Fsp3) is 0.348. The molecule has 0 bridgehead atoms. The van der Waals surface area contributed by atoms with Crippen molar-refractivity contribution < 1.29 is 22.5 Å². The molecule has 1 aliphatic rings. The molecule has 2 heterocycles. The maximum atomic E-state index is 13.4. The number of carbonyl (C=O) groups excluding carboxylic acids is 1. The molecule has 1 saturated carbocycles. The summed E-state index contributed by atoms with van der Waals surface area (Å²) in [6.45, 7) is -0.217. The molecule has 0 aliphatic heterocycles. The van der Waals surface area contributed by atoms with Crippen molar-refractivity contribution in [2.75, 3.05) is 19.0 Å². The minimum Gasteiger partial charge on any atom is -0.393 e. The molecule has 192 valence electrons. The normalized spacial score (nSPS) is 20.8. The van der Waals surface area contributed by atoms with Crippen molar-refractivity contribution in [3.05, 3.63) is 74.8 Å². The van der Waals surface area contributed by atoms with Crippen LogP contribution in [0.25, 0.3) is 0 Å². The highest BCUT2D eigenvalue weighted by Gasteiger charge is 2.35. The maximum absolute atomic E-state index is 13.4. The largest absolute Gasteiger partial charge is 0.393 e. The van der Waals surface area contributed by atoms with Crippen molar-refractivity contribution in [3.63, 3.8) is 0 Å². The average molecular weight is 552 g/mol. The van der Waals surface area contributed by atoms with E-state index in [1.54, 1.807) is 0 Å². The Balaban J connectivity index is 1.49. The Morgan fingerprint density at radius 2 is 2.14 bits per heavy atom. The molecule has 13 heteroatoms. The first-order valence-electron chi connectivity index (χ1n) is 11.1. The predicted octanol–water partition coefficient (Wildman–Crippen LogP) is 2.50. The summed E-state index contributed by atoms with van der Waals surface area (Å²) in [5.74, 6) is -0.315. The standard InChI is InChI=1S/C23H26ClN5O5S2/c1-26-21(13-3-2-4-16(24)5-13)15-7-20(35-11-15)22(31)18-9-27-12-28-23(18)29-17-6-14(19(30)8-17)10-34-36(25,32)33/h2-5,7,9,11-12,14,17,19,21,26,30H,6,8,10H2,1H3,(H2,25,32,33)(H,27,28,29)/t14-,17-,19+,21-/m1/s1. The zero-order valence-corrected chi connectivity index (χ0v) is 21.7. The third-order valence-corrected chi connectivity index (χ3v) is 7.70. The number of aromatic nitrogens is 2. The summed E-state index contributed by atoms with van der Waals surface area (Å²) in [4.78, 5) is 22.2. The van der Waals surface area contributed by atoms with Crippen LogP contribution in [0.2, 0.25) is 5.02 Å². The number of benzene rings is 1. The van der Waals surface area contributed by atoms with Gasteiger partial charge >= 0.3 is 10.3 Å². The number of rotatable bonds is 10. The van der Waals surface area contributed by atoms with Gasteiger partial charge in [-0.1, -0.05) is 23.7 Å². The van der Waals surface area contributed by atoms with Crippen LogP contribution in [0.3, 0.4) is 0 Å². The SMILES string of the molecule is CN[C@H](c1cccc(Cl)c1)c1csc(C(=O)c2cncnc2N[C@@H]2C[C@H](COS(N)(=O)=O)[C@@H](O)C2)c1. The van der Waals surface area contributed by atoms with E-state index in [4.69, 9.17) is 16.7 Å². The molecule has 4 rings (SSSR count). The number of anilines is 1. The summed E-state index contributed by atoms with van der Waals surface area (Å²) >= 11 is 7.48. The first kappa shape index (κ1) is 26.6. The van der Waals surface area contributed by atoms with Crippen molar-refractivity contribution >= 4 is 44.8 Å². The zero-order chi connectivity index (χ0) is 25.9. The van der Waals surface area contributed by atoms with Gasteiger partial charge in [0, 0.05) is 23.2 Å². The summed E-state index contributed by atoms with van der Waals surface area (Å²) in [6.07, 6.45) is 2.76. The van der Waals surface area contributed by atoms with Crippen molar-refractivity contribution in [2.45, 2.75) is 31.0 Å². The molecule has 3 aromatic rings. The van der Waals surface area contributed by atoms with Crippen molar-refractivity contribution in [1.82, 2.24) is 15.3 Å². The van der Waals surface area contributed by atoms with E-state index < -0.39 is 22.3 Å². The van der Waals surface area contributed by atoms with E-state index in [2.05, 4.69) is 24.8 Å². The van der Waals surface area contributed by atoms with Crippen LogP contribution in [-0.4, -0.2) is 55.1 Å². The number of halogens is 1. The second-order valence-electron chi connectivity index (χ2n) is 8.55. The molecule has 0 unspecified atom stereocenters. The van der Waals surface area contributed by atoms with Gasteiger partial charge in [-0.2, -0.15) is 8.42 Å². The minimum absolute atomic E-state index is 0.136. The van der Waals surface area contributed by atoms with Gasteiger partial charge in [-0.05, 0) is 54.6 Å². The molecule has 10 nitrogen and oxygen atoms in total. The number of aliphatic hydroxyl groups is 1. The fourth-order valence-electron chi connectivity index (χ4n) is 4.35. The van der Waals surface area contributed by atoms with Crippen molar-refractivity contribution in [1.29, 1.82) is 0 Å². The number of ketones is 1. The molecule has 1 aliphatic carbocycles. The van der Waals surface area contributed by atoms with Gasteiger partial charge in [-0.25, -0.2) is 15.1 Å². The molecule has 0 amide bonds. The highest BCUT2D eigenvalue weighted by Crippen LogP contribution is 2.32. The Bertz CT molecular complexity index is 1340. The number of nitrogens with one attached hydrogen (secondary N) is 2. The molecule has 1 aromatic carbocycles. The lowest BCUT2D eigenvalue weighted by molar-refractivity contribution is 0.101. The smallest absolute Gasteiger partial charge is 0.333 e. The van der Waals surface area contributed by atoms with E-state index in [-0.39, 0.29) is 24.5 Å². The Morgan fingerprint density at radius 3 is 2.86 bits per heavy atom. The van der Waals surface area contributed by atoms with E-state index in [1.807, 2.05) is 42.8 Å². The predicted molar refractivity (Wildman–Crippen MR) is 137 cm³/mol. The lowest BCUT2D eigenvalue weighted by Crippen LogP contribution is -2.24. The number of carbonyl (C=O) groups is 1. The van der Waals surface area contributed by atoms with Crippen LogP contribution in [0.5, 0.6) is 0 Å². The molecule has 0 saturated heterocycles. The van der Waals surface area contributed by atoms with Gasteiger partial charge in [0.05, 0.1) is 29.2 Å². The van der Waals surface area contributed by atoms with Crippen LogP contribution in [0.15, 0.2) is 48.2 Å². The molecule has 36 heavy (non-hydrogen) atoms. The number of hydrogen-bond acceptors (Lipinski definition) is 10. The molecule has 4 atom stereocenters. The number of aliphatic hydroxyl groups excluding tert-OH is 1. The van der Waals surface area contributed by atoms with E-state index in [1.165, 1.54) is 23.9 Å². The van der Waals surface area contributed by atoms with Crippen LogP contribution >= 0.6 is 22.9 Å². The minimum atomic E-state index is -4.09. The summed E-state index contributed by atoms with van der Waals surface area (Å²) in [6, 6.07) is 9.00. The molecule has 0 radical (unpaired) electrons. The van der Waals surface area contributed by atoms with Crippen molar-refractivity contribution in [2.24, 2.45) is 11.1 Å².